The highest BCUT2D eigenvalue weighted by atomic mass is 35.5. The van der Waals surface area contributed by atoms with E-state index in [1.165, 1.54) is 19.3 Å². The minimum atomic E-state index is 0.547. The fourth-order valence-electron chi connectivity index (χ4n) is 2.66. The van der Waals surface area contributed by atoms with Crippen molar-refractivity contribution >= 4 is 28.3 Å². The van der Waals surface area contributed by atoms with E-state index < -0.39 is 0 Å². The highest BCUT2D eigenvalue weighted by Gasteiger charge is 2.30. The fourth-order valence-corrected chi connectivity index (χ4v) is 2.96. The van der Waals surface area contributed by atoms with Crippen LogP contribution < -0.4 is 0 Å². The van der Waals surface area contributed by atoms with Gasteiger partial charge in [-0.3, -0.25) is 0 Å². The highest BCUT2D eigenvalue weighted by Crippen LogP contribution is 2.36. The molecule has 0 aromatic rings. The van der Waals surface area contributed by atoms with Crippen LogP contribution in [0.1, 0.15) is 47.0 Å². The first-order valence-corrected chi connectivity index (χ1v) is 8.78. The molecule has 0 N–H and O–H groups in total. The molecule has 0 unspecified atom stereocenters. The molecule has 0 radical (unpaired) electrons. The molecule has 0 amide bonds. The van der Waals surface area contributed by atoms with Gasteiger partial charge in [0.25, 0.3) is 0 Å². The van der Waals surface area contributed by atoms with Crippen molar-refractivity contribution < 1.29 is 0 Å². The first-order valence-electron chi connectivity index (χ1n) is 8.40. The molecule has 124 valence electrons. The summed E-state index contributed by atoms with van der Waals surface area (Å²) >= 11 is 6.35. The Hall–Kier alpha value is -1.68. The van der Waals surface area contributed by atoms with Gasteiger partial charge in [-0.15, -0.1) is 5.10 Å². The third kappa shape index (κ3) is 3.81. The number of hydrogen-bond donors (Lipinski definition) is 0. The predicted molar refractivity (Wildman–Crippen MR) is 100 cm³/mol. The monoisotopic (exact) mass is 332 g/mol. The summed E-state index contributed by atoms with van der Waals surface area (Å²) < 4.78 is 0. The Balaban J connectivity index is 0.000000924. The Morgan fingerprint density at radius 2 is 2.00 bits per heavy atom. The minimum absolute atomic E-state index is 0.547. The van der Waals surface area contributed by atoms with E-state index in [9.17, 15) is 0 Å². The second-order valence-electron chi connectivity index (χ2n) is 5.42. The van der Waals surface area contributed by atoms with E-state index in [4.69, 9.17) is 11.6 Å². The maximum Gasteiger partial charge on any atom is 0.172 e. The van der Waals surface area contributed by atoms with Gasteiger partial charge in [-0.1, -0.05) is 50.1 Å². The second kappa shape index (κ2) is 8.25. The van der Waals surface area contributed by atoms with E-state index in [1.54, 1.807) is 0 Å². The lowest BCUT2D eigenvalue weighted by Gasteiger charge is -2.32. The second-order valence-corrected chi connectivity index (χ2v) is 5.78. The third-order valence-corrected chi connectivity index (χ3v) is 4.40. The molecule has 4 nitrogen and oxygen atoms in total. The quantitative estimate of drug-likeness (QED) is 0.678. The van der Waals surface area contributed by atoms with Crippen LogP contribution in [0.25, 0.3) is 0 Å². The number of nitrogens with zero attached hydrogens (tertiary/aromatic N) is 4. The van der Waals surface area contributed by atoms with Crippen LogP contribution in [0.15, 0.2) is 50.8 Å². The molecule has 0 aromatic carbocycles. The van der Waals surface area contributed by atoms with Gasteiger partial charge in [0.1, 0.15) is 0 Å². The molecule has 0 spiro atoms. The van der Waals surface area contributed by atoms with Crippen molar-refractivity contribution in [2.45, 2.75) is 47.0 Å². The van der Waals surface area contributed by atoms with Gasteiger partial charge >= 0.3 is 0 Å². The van der Waals surface area contributed by atoms with Crippen LogP contribution in [0, 0.1) is 5.92 Å². The van der Waals surface area contributed by atoms with Crippen molar-refractivity contribution in [3.05, 3.63) is 35.5 Å². The van der Waals surface area contributed by atoms with Gasteiger partial charge in [0.05, 0.1) is 12.3 Å². The van der Waals surface area contributed by atoms with E-state index in [-0.39, 0.29) is 0 Å². The normalized spacial score (nSPS) is 21.4. The highest BCUT2D eigenvalue weighted by molar-refractivity contribution is 6.70. The molecule has 0 atom stereocenters. The smallest absolute Gasteiger partial charge is 0.172 e. The molecule has 5 heteroatoms. The molecule has 0 aromatic heterocycles. The molecule has 3 rings (SSSR count). The predicted octanol–water partition coefficient (Wildman–Crippen LogP) is 4.90. The van der Waals surface area contributed by atoms with Crippen LogP contribution in [0.2, 0.25) is 0 Å². The maximum absolute atomic E-state index is 6.35. The van der Waals surface area contributed by atoms with Crippen molar-refractivity contribution in [3.8, 4) is 0 Å². The Morgan fingerprint density at radius 1 is 1.26 bits per heavy atom. The lowest BCUT2D eigenvalue weighted by molar-refractivity contribution is 0.375. The SMILES string of the molecule is C/C=C\C(=C/C)C1=NN=C2C=C(C3CCC3)C(Cl)=NN2C1.CC. The molecule has 2 heterocycles. The zero-order valence-electron chi connectivity index (χ0n) is 14.4. The van der Waals surface area contributed by atoms with Gasteiger partial charge in [0, 0.05) is 0 Å². The third-order valence-electron chi connectivity index (χ3n) is 4.10. The largest absolute Gasteiger partial charge is 0.239 e. The molecule has 1 saturated carbocycles. The van der Waals surface area contributed by atoms with E-state index in [0.29, 0.717) is 17.6 Å². The zero-order chi connectivity index (χ0) is 16.8. The number of rotatable bonds is 3. The van der Waals surface area contributed by atoms with Gasteiger partial charge in [-0.2, -0.15) is 10.2 Å². The average molecular weight is 333 g/mol. The van der Waals surface area contributed by atoms with Crippen LogP contribution in [0.5, 0.6) is 0 Å². The van der Waals surface area contributed by atoms with Crippen molar-refractivity contribution in [1.82, 2.24) is 5.01 Å². The summed E-state index contributed by atoms with van der Waals surface area (Å²) in [5.74, 6) is 1.34. The molecular formula is C18H25ClN4. The van der Waals surface area contributed by atoms with Crippen LogP contribution in [0.4, 0.5) is 0 Å². The summed E-state index contributed by atoms with van der Waals surface area (Å²) in [7, 11) is 0. The summed E-state index contributed by atoms with van der Waals surface area (Å²) in [5.41, 5.74) is 3.10. The topological polar surface area (TPSA) is 40.3 Å². The van der Waals surface area contributed by atoms with Crippen LogP contribution >= 0.6 is 11.6 Å². The van der Waals surface area contributed by atoms with Crippen LogP contribution in [-0.4, -0.2) is 28.3 Å². The summed E-state index contributed by atoms with van der Waals surface area (Å²) in [5, 5.41) is 15.6. The lowest BCUT2D eigenvalue weighted by Crippen LogP contribution is -2.38. The number of allylic oxidation sites excluding steroid dienone is 4. The molecule has 23 heavy (non-hydrogen) atoms. The summed E-state index contributed by atoms with van der Waals surface area (Å²) in [6.07, 6.45) is 11.8. The summed E-state index contributed by atoms with van der Waals surface area (Å²) in [4.78, 5) is 0. The van der Waals surface area contributed by atoms with Crippen molar-refractivity contribution in [1.29, 1.82) is 0 Å². The van der Waals surface area contributed by atoms with E-state index in [2.05, 4.69) is 15.3 Å². The van der Waals surface area contributed by atoms with Gasteiger partial charge in [-0.05, 0) is 49.8 Å². The Morgan fingerprint density at radius 3 is 2.57 bits per heavy atom. The number of hydrogen-bond acceptors (Lipinski definition) is 4. The lowest BCUT2D eigenvalue weighted by atomic mass is 9.79. The molecule has 1 aliphatic carbocycles. The number of hydrazone groups is 1. The van der Waals surface area contributed by atoms with Crippen LogP contribution in [0.3, 0.4) is 0 Å². The number of amidine groups is 1. The summed E-state index contributed by atoms with van der Waals surface area (Å²) in [6, 6.07) is 0. The molecule has 3 aliphatic rings. The van der Waals surface area contributed by atoms with Gasteiger partial charge < -0.3 is 0 Å². The van der Waals surface area contributed by atoms with Gasteiger partial charge in [0.2, 0.25) is 0 Å². The average Bonchev–Trinajstić information content (AvgIpc) is 2.53. The molecule has 2 aliphatic heterocycles. The Kier molecular flexibility index (Phi) is 6.34. The molecule has 0 bridgehead atoms. The molecule has 0 saturated heterocycles. The standard InChI is InChI=1S/C16H19ClN4.C2H6/c1-3-6-11(4-2)14-10-21-15(19-18-14)9-13(16(17)20-21)12-7-5-8-12;1-2/h3-4,6,9,12H,5,7-8,10H2,1-2H3;1-2H3/b6-3-,11-4+;. The van der Waals surface area contributed by atoms with Gasteiger partial charge in [-0.25, -0.2) is 5.01 Å². The van der Waals surface area contributed by atoms with Gasteiger partial charge in [0.15, 0.2) is 11.0 Å². The number of fused-ring (bicyclic) bond motifs is 1. The van der Waals surface area contributed by atoms with E-state index >= 15 is 0 Å². The van der Waals surface area contributed by atoms with E-state index in [0.717, 1.165) is 22.7 Å². The summed E-state index contributed by atoms with van der Waals surface area (Å²) in [6.45, 7) is 8.59. The van der Waals surface area contributed by atoms with Crippen LogP contribution in [-0.2, 0) is 0 Å². The van der Waals surface area contributed by atoms with Crippen molar-refractivity contribution in [2.24, 2.45) is 21.2 Å². The first-order chi connectivity index (χ1) is 11.2. The van der Waals surface area contributed by atoms with Crippen molar-refractivity contribution in [2.75, 3.05) is 6.54 Å². The van der Waals surface area contributed by atoms with E-state index in [1.807, 2.05) is 57.0 Å². The zero-order valence-corrected chi connectivity index (χ0v) is 15.1. The molecular weight excluding hydrogens is 308 g/mol. The Labute approximate surface area is 144 Å². The minimum Gasteiger partial charge on any atom is -0.239 e. The number of halogens is 1. The maximum atomic E-state index is 6.35. The Bertz CT molecular complexity index is 619. The fraction of sp³-hybridized carbons (Fsp3) is 0.500. The van der Waals surface area contributed by atoms with Crippen molar-refractivity contribution in [3.63, 3.8) is 0 Å². The first kappa shape index (κ1) is 17.7. The molecule has 1 fully saturated rings.